The molecule has 0 aliphatic carbocycles. The molecule has 5 nitrogen and oxygen atoms in total. The number of hydrogen-bond acceptors (Lipinski definition) is 4. The van der Waals surface area contributed by atoms with Crippen LogP contribution in [-0.2, 0) is 4.74 Å². The van der Waals surface area contributed by atoms with E-state index in [4.69, 9.17) is 15.6 Å². The number of nitrogen functional groups attached to an aromatic ring is 1. The van der Waals surface area contributed by atoms with Gasteiger partial charge in [-0.05, 0) is 30.9 Å². The number of aromatic carboxylic acids is 1. The largest absolute Gasteiger partial charge is 0.478 e. The van der Waals surface area contributed by atoms with Crippen LogP contribution in [0.3, 0.4) is 0 Å². The molecule has 19 heavy (non-hydrogen) atoms. The highest BCUT2D eigenvalue weighted by Crippen LogP contribution is 2.24. The highest BCUT2D eigenvalue weighted by atomic mass is 19.1. The average molecular weight is 268 g/mol. The van der Waals surface area contributed by atoms with E-state index in [9.17, 15) is 9.18 Å². The molecule has 104 valence electrons. The Bertz CT molecular complexity index is 473. The number of carbonyl (C=O) groups is 1. The number of nitrogens with two attached hydrogens (primary N) is 1. The second kappa shape index (κ2) is 5.88. The Balaban J connectivity index is 2.04. The second-order valence-corrected chi connectivity index (χ2v) is 4.66. The lowest BCUT2D eigenvalue weighted by atomic mass is 10.0. The topological polar surface area (TPSA) is 84.6 Å². The summed E-state index contributed by atoms with van der Waals surface area (Å²) < 4.78 is 18.8. The molecule has 1 aliphatic rings. The molecule has 0 saturated carbocycles. The minimum atomic E-state index is -1.32. The minimum absolute atomic E-state index is 0.242. The fourth-order valence-corrected chi connectivity index (χ4v) is 2.11. The first-order chi connectivity index (χ1) is 9.08. The van der Waals surface area contributed by atoms with Crippen molar-refractivity contribution in [2.24, 2.45) is 5.92 Å². The van der Waals surface area contributed by atoms with Gasteiger partial charge in [0.2, 0.25) is 0 Å². The predicted octanol–water partition coefficient (Wildman–Crippen LogP) is 1.94. The van der Waals surface area contributed by atoms with Crippen LogP contribution in [0.2, 0.25) is 0 Å². The first kappa shape index (κ1) is 13.6. The van der Waals surface area contributed by atoms with Gasteiger partial charge >= 0.3 is 5.97 Å². The van der Waals surface area contributed by atoms with Crippen molar-refractivity contribution in [3.63, 3.8) is 0 Å². The Kier molecular flexibility index (Phi) is 4.21. The van der Waals surface area contributed by atoms with E-state index in [0.29, 0.717) is 18.2 Å². The van der Waals surface area contributed by atoms with Crippen molar-refractivity contribution in [1.82, 2.24) is 0 Å². The Morgan fingerprint density at radius 3 is 2.79 bits per heavy atom. The quantitative estimate of drug-likeness (QED) is 0.727. The molecular formula is C13H17FN2O3. The molecule has 1 aliphatic heterocycles. The van der Waals surface area contributed by atoms with Gasteiger partial charge in [0, 0.05) is 19.8 Å². The number of carboxylic acids is 1. The Morgan fingerprint density at radius 1 is 1.47 bits per heavy atom. The van der Waals surface area contributed by atoms with Gasteiger partial charge in [-0.15, -0.1) is 0 Å². The minimum Gasteiger partial charge on any atom is -0.478 e. The van der Waals surface area contributed by atoms with Crippen molar-refractivity contribution < 1.29 is 19.0 Å². The lowest BCUT2D eigenvalue weighted by Gasteiger charge is -2.23. The van der Waals surface area contributed by atoms with Gasteiger partial charge in [0.25, 0.3) is 0 Å². The molecule has 0 amide bonds. The van der Waals surface area contributed by atoms with Gasteiger partial charge in [0.15, 0.2) is 0 Å². The molecular weight excluding hydrogens is 251 g/mol. The summed E-state index contributed by atoms with van der Waals surface area (Å²) in [5.74, 6) is -1.63. The normalized spacial score (nSPS) is 16.3. The number of hydrogen-bond donors (Lipinski definition) is 3. The van der Waals surface area contributed by atoms with Gasteiger partial charge in [0.1, 0.15) is 5.82 Å². The van der Waals surface area contributed by atoms with Gasteiger partial charge in [0.05, 0.1) is 16.9 Å². The number of benzene rings is 1. The third-order valence-corrected chi connectivity index (χ3v) is 3.29. The molecule has 0 unspecified atom stereocenters. The lowest BCUT2D eigenvalue weighted by molar-refractivity contribution is 0.0690. The Labute approximate surface area is 110 Å². The van der Waals surface area contributed by atoms with E-state index in [1.54, 1.807) is 0 Å². The Hall–Kier alpha value is -1.82. The van der Waals surface area contributed by atoms with Crippen LogP contribution in [0, 0.1) is 11.7 Å². The fraction of sp³-hybridized carbons (Fsp3) is 0.462. The molecule has 6 heteroatoms. The number of ether oxygens (including phenoxy) is 1. The third-order valence-electron chi connectivity index (χ3n) is 3.29. The molecule has 0 bridgehead atoms. The zero-order valence-corrected chi connectivity index (χ0v) is 10.5. The van der Waals surface area contributed by atoms with E-state index >= 15 is 0 Å². The summed E-state index contributed by atoms with van der Waals surface area (Å²) in [7, 11) is 0. The van der Waals surface area contributed by atoms with Crippen LogP contribution in [0.5, 0.6) is 0 Å². The van der Waals surface area contributed by atoms with E-state index in [-0.39, 0.29) is 5.69 Å². The molecule has 4 N–H and O–H groups in total. The molecule has 1 fully saturated rings. The van der Waals surface area contributed by atoms with Gasteiger partial charge < -0.3 is 20.9 Å². The van der Waals surface area contributed by atoms with E-state index in [2.05, 4.69) is 5.32 Å². The molecule has 1 aromatic carbocycles. The SMILES string of the molecule is Nc1cc(C(=O)O)c(F)cc1NCC1CCOCC1. The molecule has 1 saturated heterocycles. The fourth-order valence-electron chi connectivity index (χ4n) is 2.11. The first-order valence-electron chi connectivity index (χ1n) is 6.22. The molecule has 1 heterocycles. The second-order valence-electron chi connectivity index (χ2n) is 4.66. The van der Waals surface area contributed by atoms with Crippen molar-refractivity contribution in [2.75, 3.05) is 30.8 Å². The number of halogens is 1. The zero-order chi connectivity index (χ0) is 13.8. The van der Waals surface area contributed by atoms with Gasteiger partial charge in [-0.3, -0.25) is 0 Å². The standard InChI is InChI=1S/C13H17FN2O3/c14-10-6-12(11(15)5-9(10)13(17)18)16-7-8-1-3-19-4-2-8/h5-6,8,16H,1-4,7,15H2,(H,17,18). The number of nitrogens with one attached hydrogen (secondary N) is 1. The number of rotatable bonds is 4. The highest BCUT2D eigenvalue weighted by molar-refractivity contribution is 5.90. The predicted molar refractivity (Wildman–Crippen MR) is 69.8 cm³/mol. The summed E-state index contributed by atoms with van der Waals surface area (Å²) >= 11 is 0. The monoisotopic (exact) mass is 268 g/mol. The lowest BCUT2D eigenvalue weighted by Crippen LogP contribution is -2.23. The van der Waals surface area contributed by atoms with Crippen molar-refractivity contribution in [3.05, 3.63) is 23.5 Å². The maximum absolute atomic E-state index is 13.6. The molecule has 0 radical (unpaired) electrons. The van der Waals surface area contributed by atoms with Crippen LogP contribution in [0.1, 0.15) is 23.2 Å². The van der Waals surface area contributed by atoms with Crippen molar-refractivity contribution in [3.8, 4) is 0 Å². The summed E-state index contributed by atoms with van der Waals surface area (Å²) in [6.45, 7) is 2.17. The van der Waals surface area contributed by atoms with Crippen LogP contribution in [-0.4, -0.2) is 30.8 Å². The maximum Gasteiger partial charge on any atom is 0.338 e. The average Bonchev–Trinajstić information content (AvgIpc) is 2.40. The van der Waals surface area contributed by atoms with Crippen LogP contribution in [0.15, 0.2) is 12.1 Å². The number of carboxylic acid groups (broad SMARTS) is 1. The van der Waals surface area contributed by atoms with E-state index in [0.717, 1.165) is 38.2 Å². The highest BCUT2D eigenvalue weighted by Gasteiger charge is 2.16. The summed E-state index contributed by atoms with van der Waals surface area (Å²) in [6.07, 6.45) is 1.92. The zero-order valence-electron chi connectivity index (χ0n) is 10.5. The van der Waals surface area contributed by atoms with Crippen LogP contribution < -0.4 is 11.1 Å². The summed E-state index contributed by atoms with van der Waals surface area (Å²) in [5.41, 5.74) is 6.00. The van der Waals surface area contributed by atoms with Gasteiger partial charge in [-0.25, -0.2) is 9.18 Å². The van der Waals surface area contributed by atoms with Crippen molar-refractivity contribution >= 4 is 17.3 Å². The molecule has 1 aromatic rings. The van der Waals surface area contributed by atoms with Gasteiger partial charge in [-0.2, -0.15) is 0 Å². The molecule has 2 rings (SSSR count). The Morgan fingerprint density at radius 2 is 2.16 bits per heavy atom. The smallest absolute Gasteiger partial charge is 0.338 e. The molecule has 0 aromatic heterocycles. The molecule has 0 atom stereocenters. The summed E-state index contributed by atoms with van der Waals surface area (Å²) in [6, 6.07) is 2.28. The summed E-state index contributed by atoms with van der Waals surface area (Å²) in [4.78, 5) is 10.8. The summed E-state index contributed by atoms with van der Waals surface area (Å²) in [5, 5.41) is 11.9. The maximum atomic E-state index is 13.6. The van der Waals surface area contributed by atoms with Crippen LogP contribution >= 0.6 is 0 Å². The molecule has 0 spiro atoms. The van der Waals surface area contributed by atoms with Gasteiger partial charge in [-0.1, -0.05) is 0 Å². The number of anilines is 2. The van der Waals surface area contributed by atoms with Crippen molar-refractivity contribution in [1.29, 1.82) is 0 Å². The van der Waals surface area contributed by atoms with Crippen LogP contribution in [0.4, 0.5) is 15.8 Å². The van der Waals surface area contributed by atoms with E-state index in [1.165, 1.54) is 0 Å². The van der Waals surface area contributed by atoms with Crippen molar-refractivity contribution in [2.45, 2.75) is 12.8 Å². The van der Waals surface area contributed by atoms with E-state index in [1.807, 2.05) is 0 Å². The first-order valence-corrected chi connectivity index (χ1v) is 6.22. The van der Waals surface area contributed by atoms with E-state index < -0.39 is 17.3 Å². The third kappa shape index (κ3) is 3.35. The van der Waals surface area contributed by atoms with Crippen LogP contribution in [0.25, 0.3) is 0 Å².